The molecule has 1 aromatic carbocycles. The molecule has 1 aromatic rings. The van der Waals surface area contributed by atoms with E-state index >= 15 is 0 Å². The molecule has 0 saturated carbocycles. The lowest BCUT2D eigenvalue weighted by Gasteiger charge is -2.19. The van der Waals surface area contributed by atoms with Crippen molar-refractivity contribution in [2.45, 2.75) is 24.6 Å². The predicted molar refractivity (Wildman–Crippen MR) is 71.6 cm³/mol. The second-order valence-corrected chi connectivity index (χ2v) is 4.71. The number of benzene rings is 1. The molecule has 5 nitrogen and oxygen atoms in total. The van der Waals surface area contributed by atoms with Crippen molar-refractivity contribution in [3.05, 3.63) is 35.9 Å². The summed E-state index contributed by atoms with van der Waals surface area (Å²) in [5, 5.41) is 15.4. The third-order valence-electron chi connectivity index (χ3n) is 3.44. The number of hydrogen-bond donors (Lipinski definition) is 3. The summed E-state index contributed by atoms with van der Waals surface area (Å²) in [5.41, 5.74) is 0.902. The van der Waals surface area contributed by atoms with Crippen LogP contribution >= 0.6 is 0 Å². The summed E-state index contributed by atoms with van der Waals surface area (Å²) in [6.07, 6.45) is 0.745. The second kappa shape index (κ2) is 6.65. The molecule has 0 aromatic heterocycles. The van der Waals surface area contributed by atoms with Crippen molar-refractivity contribution >= 4 is 5.91 Å². The third kappa shape index (κ3) is 3.53. The molecule has 0 spiro atoms. The van der Waals surface area contributed by atoms with Crippen LogP contribution in [0, 0.1) is 0 Å². The number of hydrogen-bond acceptors (Lipinski definition) is 4. The lowest BCUT2D eigenvalue weighted by Crippen LogP contribution is -2.42. The Morgan fingerprint density at radius 3 is 2.84 bits per heavy atom. The van der Waals surface area contributed by atoms with Gasteiger partial charge in [0.1, 0.15) is 0 Å². The van der Waals surface area contributed by atoms with Gasteiger partial charge in [-0.15, -0.1) is 0 Å². The van der Waals surface area contributed by atoms with E-state index in [4.69, 9.17) is 4.74 Å². The number of nitrogens with one attached hydrogen (secondary N) is 2. The van der Waals surface area contributed by atoms with Gasteiger partial charge >= 0.3 is 0 Å². The zero-order valence-corrected chi connectivity index (χ0v) is 11.0. The molecule has 1 saturated heterocycles. The molecule has 3 atom stereocenters. The van der Waals surface area contributed by atoms with Crippen molar-refractivity contribution in [2.24, 2.45) is 0 Å². The van der Waals surface area contributed by atoms with Crippen LogP contribution in [0.5, 0.6) is 0 Å². The van der Waals surface area contributed by atoms with Crippen LogP contribution in [0.2, 0.25) is 0 Å². The molecule has 1 amide bonds. The van der Waals surface area contributed by atoms with Gasteiger partial charge in [-0.3, -0.25) is 4.79 Å². The fourth-order valence-electron chi connectivity index (χ4n) is 2.27. The van der Waals surface area contributed by atoms with Crippen molar-refractivity contribution in [1.82, 2.24) is 10.6 Å². The fraction of sp³-hybridized carbons (Fsp3) is 0.500. The molecular formula is C14H20N2O3. The van der Waals surface area contributed by atoms with Crippen molar-refractivity contribution < 1.29 is 14.6 Å². The Bertz CT molecular complexity index is 410. The Kier molecular flexibility index (Phi) is 4.90. The molecule has 2 rings (SSSR count). The Balaban J connectivity index is 1.94. The van der Waals surface area contributed by atoms with Crippen LogP contribution < -0.4 is 10.6 Å². The number of aliphatic hydroxyl groups is 1. The van der Waals surface area contributed by atoms with Gasteiger partial charge in [0, 0.05) is 13.7 Å². The summed E-state index contributed by atoms with van der Waals surface area (Å²) >= 11 is 0. The minimum Gasteiger partial charge on any atom is -0.394 e. The maximum Gasteiger partial charge on any atom is 0.237 e. The predicted octanol–water partition coefficient (Wildman–Crippen LogP) is 0.213. The Labute approximate surface area is 113 Å². The largest absolute Gasteiger partial charge is 0.394 e. The summed E-state index contributed by atoms with van der Waals surface area (Å²) in [6, 6.07) is 8.85. The summed E-state index contributed by atoms with van der Waals surface area (Å²) in [4.78, 5) is 12.1. The van der Waals surface area contributed by atoms with Gasteiger partial charge in [0.15, 0.2) is 0 Å². The number of rotatable bonds is 5. The van der Waals surface area contributed by atoms with E-state index in [1.807, 2.05) is 30.3 Å². The molecule has 1 aliphatic heterocycles. The zero-order chi connectivity index (χ0) is 13.7. The average Bonchev–Trinajstić information content (AvgIpc) is 2.94. The number of carbonyl (C=O) groups is 1. The Morgan fingerprint density at radius 1 is 1.53 bits per heavy atom. The maximum absolute atomic E-state index is 12.1. The number of methoxy groups -OCH3 is 1. The van der Waals surface area contributed by atoms with Gasteiger partial charge in [0.2, 0.25) is 5.91 Å². The standard InChI is InChI=1S/C14H20N2O3/c1-19-11-7-12(15-8-11)14(18)16-13(9-17)10-5-3-2-4-6-10/h2-6,11-13,15,17H,7-9H2,1H3,(H,16,18). The first-order chi connectivity index (χ1) is 9.24. The van der Waals surface area contributed by atoms with E-state index in [0.29, 0.717) is 13.0 Å². The third-order valence-corrected chi connectivity index (χ3v) is 3.44. The van der Waals surface area contributed by atoms with Gasteiger partial charge in [0.05, 0.1) is 24.8 Å². The van der Waals surface area contributed by atoms with E-state index in [-0.39, 0.29) is 30.7 Å². The van der Waals surface area contributed by atoms with Gasteiger partial charge < -0.3 is 20.5 Å². The average molecular weight is 264 g/mol. The molecule has 0 aliphatic carbocycles. The lowest BCUT2D eigenvalue weighted by atomic mass is 10.1. The van der Waals surface area contributed by atoms with Crippen LogP contribution in [0.25, 0.3) is 0 Å². The van der Waals surface area contributed by atoms with E-state index in [9.17, 15) is 9.90 Å². The van der Waals surface area contributed by atoms with Crippen molar-refractivity contribution in [3.8, 4) is 0 Å². The summed E-state index contributed by atoms with van der Waals surface area (Å²) in [5.74, 6) is -0.0950. The van der Waals surface area contributed by atoms with E-state index < -0.39 is 0 Å². The van der Waals surface area contributed by atoms with E-state index in [2.05, 4.69) is 10.6 Å². The molecule has 5 heteroatoms. The highest BCUT2D eigenvalue weighted by Crippen LogP contribution is 2.14. The first-order valence-corrected chi connectivity index (χ1v) is 6.47. The molecular weight excluding hydrogens is 244 g/mol. The van der Waals surface area contributed by atoms with Crippen LogP contribution in [0.3, 0.4) is 0 Å². The van der Waals surface area contributed by atoms with Crippen LogP contribution in [-0.2, 0) is 9.53 Å². The van der Waals surface area contributed by atoms with Crippen molar-refractivity contribution in [2.75, 3.05) is 20.3 Å². The molecule has 0 bridgehead atoms. The SMILES string of the molecule is COC1CNC(C(=O)NC(CO)c2ccccc2)C1. The molecule has 1 heterocycles. The highest BCUT2D eigenvalue weighted by molar-refractivity contribution is 5.82. The Hall–Kier alpha value is -1.43. The first kappa shape index (κ1) is 14.0. The minimum absolute atomic E-state index is 0.0834. The molecule has 1 fully saturated rings. The Morgan fingerprint density at radius 2 is 2.26 bits per heavy atom. The summed E-state index contributed by atoms with van der Waals surface area (Å²) in [7, 11) is 1.65. The van der Waals surface area contributed by atoms with Gasteiger partial charge in [-0.25, -0.2) is 0 Å². The van der Waals surface area contributed by atoms with Crippen LogP contribution in [-0.4, -0.2) is 43.4 Å². The summed E-state index contributed by atoms with van der Waals surface area (Å²) in [6.45, 7) is 0.569. The quantitative estimate of drug-likeness (QED) is 0.711. The van der Waals surface area contributed by atoms with Gasteiger partial charge in [-0.1, -0.05) is 30.3 Å². The fourth-order valence-corrected chi connectivity index (χ4v) is 2.27. The van der Waals surface area contributed by atoms with Crippen molar-refractivity contribution in [1.29, 1.82) is 0 Å². The normalized spacial score (nSPS) is 24.1. The van der Waals surface area contributed by atoms with E-state index in [1.165, 1.54) is 0 Å². The smallest absolute Gasteiger partial charge is 0.237 e. The van der Waals surface area contributed by atoms with E-state index in [1.54, 1.807) is 7.11 Å². The highest BCUT2D eigenvalue weighted by Gasteiger charge is 2.30. The molecule has 104 valence electrons. The van der Waals surface area contributed by atoms with Crippen LogP contribution in [0.1, 0.15) is 18.0 Å². The zero-order valence-electron chi connectivity index (χ0n) is 11.0. The lowest BCUT2D eigenvalue weighted by molar-refractivity contribution is -0.124. The number of amides is 1. The summed E-state index contributed by atoms with van der Waals surface area (Å²) < 4.78 is 5.22. The molecule has 19 heavy (non-hydrogen) atoms. The minimum atomic E-state index is -0.364. The van der Waals surface area contributed by atoms with Crippen molar-refractivity contribution in [3.63, 3.8) is 0 Å². The maximum atomic E-state index is 12.1. The topological polar surface area (TPSA) is 70.6 Å². The number of carbonyl (C=O) groups excluding carboxylic acids is 1. The molecule has 3 N–H and O–H groups in total. The molecule has 3 unspecified atom stereocenters. The van der Waals surface area contributed by atoms with Crippen LogP contribution in [0.15, 0.2) is 30.3 Å². The molecule has 1 aliphatic rings. The van der Waals surface area contributed by atoms with E-state index in [0.717, 1.165) is 5.56 Å². The van der Waals surface area contributed by atoms with Gasteiger partial charge in [0.25, 0.3) is 0 Å². The molecule has 0 radical (unpaired) electrons. The van der Waals surface area contributed by atoms with Gasteiger partial charge in [-0.05, 0) is 12.0 Å². The number of ether oxygens (including phenoxy) is 1. The number of aliphatic hydroxyl groups excluding tert-OH is 1. The van der Waals surface area contributed by atoms with Gasteiger partial charge in [-0.2, -0.15) is 0 Å². The monoisotopic (exact) mass is 264 g/mol. The second-order valence-electron chi connectivity index (χ2n) is 4.71. The highest BCUT2D eigenvalue weighted by atomic mass is 16.5. The first-order valence-electron chi connectivity index (χ1n) is 6.47. The van der Waals surface area contributed by atoms with Crippen LogP contribution in [0.4, 0.5) is 0 Å².